The largest absolute Gasteiger partial charge is 0.439 e. The van der Waals surface area contributed by atoms with E-state index < -0.39 is 0 Å². The summed E-state index contributed by atoms with van der Waals surface area (Å²) in [6.45, 7) is 1.37. The molecule has 0 fully saturated rings. The molecule has 1 aromatic heterocycles. The van der Waals surface area contributed by atoms with Gasteiger partial charge in [-0.05, 0) is 44.4 Å². The molecule has 0 aliphatic rings. The number of amides is 2. The fraction of sp³-hybridized carbons (Fsp3) is 0.250. The molecule has 0 saturated heterocycles. The van der Waals surface area contributed by atoms with Gasteiger partial charge in [0.05, 0.1) is 5.02 Å². The third-order valence-corrected chi connectivity index (χ3v) is 3.10. The number of aromatic nitrogens is 1. The summed E-state index contributed by atoms with van der Waals surface area (Å²) >= 11 is 5.77. The third kappa shape index (κ3) is 6.14. The fourth-order valence-corrected chi connectivity index (χ4v) is 1.83. The molecular formula is C16H19ClN4O2. The van der Waals surface area contributed by atoms with Gasteiger partial charge >= 0.3 is 6.03 Å². The van der Waals surface area contributed by atoms with E-state index in [-0.39, 0.29) is 6.03 Å². The Bertz CT molecular complexity index is 630. The molecule has 0 unspecified atom stereocenters. The Labute approximate surface area is 140 Å². The molecule has 122 valence electrons. The SMILES string of the molecule is CN(C)CCNC(=O)Nc1ccc(Oc2ccc(Cl)cn2)cc1. The van der Waals surface area contributed by atoms with Crippen molar-refractivity contribution in [2.75, 3.05) is 32.5 Å². The summed E-state index contributed by atoms with van der Waals surface area (Å²) in [5.74, 6) is 1.08. The Morgan fingerprint density at radius 3 is 2.57 bits per heavy atom. The summed E-state index contributed by atoms with van der Waals surface area (Å²) in [6, 6.07) is 10.2. The molecule has 2 rings (SSSR count). The molecule has 2 amide bonds. The number of likely N-dealkylation sites (N-methyl/N-ethyl adjacent to an activating group) is 1. The van der Waals surface area contributed by atoms with E-state index in [0.717, 1.165) is 6.54 Å². The van der Waals surface area contributed by atoms with Gasteiger partial charge in [-0.1, -0.05) is 11.6 Å². The summed E-state index contributed by atoms with van der Waals surface area (Å²) in [6.07, 6.45) is 1.52. The van der Waals surface area contributed by atoms with E-state index in [0.29, 0.717) is 28.9 Å². The molecule has 23 heavy (non-hydrogen) atoms. The number of carbonyl (C=O) groups is 1. The molecule has 0 bridgehead atoms. The average molecular weight is 335 g/mol. The maximum absolute atomic E-state index is 11.7. The smallest absolute Gasteiger partial charge is 0.319 e. The van der Waals surface area contributed by atoms with Crippen molar-refractivity contribution in [3.63, 3.8) is 0 Å². The molecular weight excluding hydrogens is 316 g/mol. The Kier molecular flexibility index (Phi) is 6.19. The molecule has 6 nitrogen and oxygen atoms in total. The van der Waals surface area contributed by atoms with Gasteiger partial charge in [0.2, 0.25) is 5.88 Å². The number of rotatable bonds is 6. The van der Waals surface area contributed by atoms with E-state index in [1.54, 1.807) is 36.4 Å². The third-order valence-electron chi connectivity index (χ3n) is 2.88. The first kappa shape index (κ1) is 17.1. The maximum atomic E-state index is 11.7. The minimum atomic E-state index is -0.236. The van der Waals surface area contributed by atoms with Crippen LogP contribution >= 0.6 is 11.6 Å². The number of halogens is 1. The van der Waals surface area contributed by atoms with Gasteiger partial charge in [0.15, 0.2) is 0 Å². The lowest BCUT2D eigenvalue weighted by Gasteiger charge is -2.11. The minimum absolute atomic E-state index is 0.236. The number of pyridine rings is 1. The number of carbonyl (C=O) groups excluding carboxylic acids is 1. The highest BCUT2D eigenvalue weighted by molar-refractivity contribution is 6.30. The fourth-order valence-electron chi connectivity index (χ4n) is 1.72. The van der Waals surface area contributed by atoms with Crippen LogP contribution in [0.15, 0.2) is 42.6 Å². The van der Waals surface area contributed by atoms with E-state index in [9.17, 15) is 4.79 Å². The van der Waals surface area contributed by atoms with Crippen molar-refractivity contribution in [3.8, 4) is 11.6 Å². The quantitative estimate of drug-likeness (QED) is 0.851. The highest BCUT2D eigenvalue weighted by Crippen LogP contribution is 2.22. The van der Waals surface area contributed by atoms with Crippen molar-refractivity contribution < 1.29 is 9.53 Å². The molecule has 0 spiro atoms. The summed E-state index contributed by atoms with van der Waals surface area (Å²) in [5.41, 5.74) is 0.684. The van der Waals surface area contributed by atoms with Crippen LogP contribution in [0.5, 0.6) is 11.6 Å². The zero-order valence-corrected chi connectivity index (χ0v) is 13.8. The molecule has 0 aliphatic carbocycles. The predicted molar refractivity (Wildman–Crippen MR) is 91.3 cm³/mol. The molecule has 0 aliphatic heterocycles. The van der Waals surface area contributed by atoms with Gasteiger partial charge in [0, 0.05) is 31.0 Å². The van der Waals surface area contributed by atoms with Gasteiger partial charge in [-0.2, -0.15) is 0 Å². The van der Waals surface area contributed by atoms with E-state index in [1.165, 1.54) is 6.20 Å². The Morgan fingerprint density at radius 2 is 1.96 bits per heavy atom. The second kappa shape index (κ2) is 8.36. The molecule has 1 heterocycles. The molecule has 1 aromatic carbocycles. The summed E-state index contributed by atoms with van der Waals surface area (Å²) in [4.78, 5) is 17.8. The van der Waals surface area contributed by atoms with Crippen molar-refractivity contribution >= 4 is 23.3 Å². The highest BCUT2D eigenvalue weighted by atomic mass is 35.5. The molecule has 0 saturated carbocycles. The first-order valence-corrected chi connectivity index (χ1v) is 7.50. The second-order valence-electron chi connectivity index (χ2n) is 5.13. The maximum Gasteiger partial charge on any atom is 0.319 e. The number of nitrogens with zero attached hydrogens (tertiary/aromatic N) is 2. The van der Waals surface area contributed by atoms with E-state index in [2.05, 4.69) is 15.6 Å². The molecule has 0 radical (unpaired) electrons. The van der Waals surface area contributed by atoms with Gasteiger partial charge in [-0.15, -0.1) is 0 Å². The standard InChI is InChI=1S/C16H19ClN4O2/c1-21(2)10-9-18-16(22)20-13-4-6-14(7-5-13)23-15-8-3-12(17)11-19-15/h3-8,11H,9-10H2,1-2H3,(H2,18,20,22). The second-order valence-corrected chi connectivity index (χ2v) is 5.56. The zero-order chi connectivity index (χ0) is 16.7. The van der Waals surface area contributed by atoms with Gasteiger partial charge in [-0.3, -0.25) is 0 Å². The van der Waals surface area contributed by atoms with Crippen LogP contribution in [-0.4, -0.2) is 43.1 Å². The highest BCUT2D eigenvalue weighted by Gasteiger charge is 2.03. The van der Waals surface area contributed by atoms with Crippen molar-refractivity contribution in [3.05, 3.63) is 47.6 Å². The lowest BCUT2D eigenvalue weighted by molar-refractivity contribution is 0.250. The monoisotopic (exact) mass is 334 g/mol. The van der Waals surface area contributed by atoms with Gasteiger partial charge < -0.3 is 20.3 Å². The van der Waals surface area contributed by atoms with Crippen LogP contribution in [0.2, 0.25) is 5.02 Å². The average Bonchev–Trinajstić information content (AvgIpc) is 2.51. The molecule has 7 heteroatoms. The number of anilines is 1. The van der Waals surface area contributed by atoms with E-state index in [1.807, 2.05) is 19.0 Å². The minimum Gasteiger partial charge on any atom is -0.439 e. The van der Waals surface area contributed by atoms with Crippen LogP contribution in [0.1, 0.15) is 0 Å². The Hall–Kier alpha value is -2.31. The van der Waals surface area contributed by atoms with Gasteiger partial charge in [0.25, 0.3) is 0 Å². The van der Waals surface area contributed by atoms with Crippen LogP contribution in [-0.2, 0) is 0 Å². The van der Waals surface area contributed by atoms with Crippen molar-refractivity contribution in [2.24, 2.45) is 0 Å². The normalized spacial score (nSPS) is 10.4. The molecule has 0 atom stereocenters. The first-order chi connectivity index (χ1) is 11.0. The van der Waals surface area contributed by atoms with Crippen LogP contribution in [0.4, 0.5) is 10.5 Å². The number of hydrogen-bond donors (Lipinski definition) is 2. The van der Waals surface area contributed by atoms with Crippen LogP contribution < -0.4 is 15.4 Å². The Morgan fingerprint density at radius 1 is 1.22 bits per heavy atom. The van der Waals surface area contributed by atoms with Crippen LogP contribution in [0.3, 0.4) is 0 Å². The van der Waals surface area contributed by atoms with Gasteiger partial charge in [0.1, 0.15) is 5.75 Å². The van der Waals surface area contributed by atoms with E-state index >= 15 is 0 Å². The number of urea groups is 1. The first-order valence-electron chi connectivity index (χ1n) is 7.12. The molecule has 2 aromatic rings. The summed E-state index contributed by atoms with van der Waals surface area (Å²) in [7, 11) is 3.90. The Balaban J connectivity index is 1.84. The summed E-state index contributed by atoms with van der Waals surface area (Å²) in [5, 5.41) is 6.09. The van der Waals surface area contributed by atoms with E-state index in [4.69, 9.17) is 16.3 Å². The number of ether oxygens (including phenoxy) is 1. The molecule has 2 N–H and O–H groups in total. The predicted octanol–water partition coefficient (Wildman–Crippen LogP) is 3.21. The van der Waals surface area contributed by atoms with Crippen molar-refractivity contribution in [2.45, 2.75) is 0 Å². The summed E-state index contributed by atoms with van der Waals surface area (Å²) < 4.78 is 5.58. The number of nitrogens with one attached hydrogen (secondary N) is 2. The van der Waals surface area contributed by atoms with Gasteiger partial charge in [-0.25, -0.2) is 9.78 Å². The number of benzene rings is 1. The van der Waals surface area contributed by atoms with Crippen LogP contribution in [0, 0.1) is 0 Å². The van der Waals surface area contributed by atoms with Crippen molar-refractivity contribution in [1.82, 2.24) is 15.2 Å². The lowest BCUT2D eigenvalue weighted by Crippen LogP contribution is -2.34. The van der Waals surface area contributed by atoms with Crippen molar-refractivity contribution in [1.29, 1.82) is 0 Å². The topological polar surface area (TPSA) is 66.5 Å². The number of hydrogen-bond acceptors (Lipinski definition) is 4. The lowest BCUT2D eigenvalue weighted by atomic mass is 10.3. The van der Waals surface area contributed by atoms with Crippen LogP contribution in [0.25, 0.3) is 0 Å². The zero-order valence-electron chi connectivity index (χ0n) is 13.0.